The van der Waals surface area contributed by atoms with Gasteiger partial charge in [0, 0.05) is 12.1 Å². The van der Waals surface area contributed by atoms with Crippen LogP contribution in [0.4, 0.5) is 15.8 Å². The number of ether oxygens (including phenoxy) is 1. The van der Waals surface area contributed by atoms with Gasteiger partial charge >= 0.3 is 5.69 Å². The predicted molar refractivity (Wildman–Crippen MR) is 50.7 cm³/mol. The number of nitrogens with zero attached hydrogens (tertiary/aromatic N) is 1. The van der Waals surface area contributed by atoms with Crippen LogP contribution in [0.15, 0.2) is 12.1 Å². The fourth-order valence-electron chi connectivity index (χ4n) is 0.876. The van der Waals surface area contributed by atoms with Crippen LogP contribution in [-0.2, 0) is 0 Å². The van der Waals surface area contributed by atoms with E-state index in [4.69, 9.17) is 5.73 Å². The van der Waals surface area contributed by atoms with Gasteiger partial charge in [0.05, 0.1) is 17.7 Å². The topological polar surface area (TPSA) is 78.4 Å². The molecule has 0 unspecified atom stereocenters. The highest BCUT2D eigenvalue weighted by atomic mass is 19.1. The molecule has 0 saturated carbocycles. The summed E-state index contributed by atoms with van der Waals surface area (Å²) < 4.78 is 17.6. The summed E-state index contributed by atoms with van der Waals surface area (Å²) in [5, 5.41) is 10.2. The zero-order valence-electron chi connectivity index (χ0n) is 6.78. The molecule has 2 N–H and O–H groups in total. The van der Waals surface area contributed by atoms with E-state index in [0.29, 0.717) is 0 Å². The molecule has 1 aromatic carbocycles. The van der Waals surface area contributed by atoms with E-state index in [0.717, 1.165) is 12.1 Å². The summed E-state index contributed by atoms with van der Waals surface area (Å²) in [6.45, 7) is 0. The van der Waals surface area contributed by atoms with Gasteiger partial charge in [0.25, 0.3) is 0 Å². The van der Waals surface area contributed by atoms with Crippen molar-refractivity contribution in [2.75, 3.05) is 12.8 Å². The Morgan fingerprint density at radius 1 is 1.57 bits per heavy atom. The first-order valence-electron chi connectivity index (χ1n) is 3.33. The van der Waals surface area contributed by atoms with Gasteiger partial charge in [-0.1, -0.05) is 7.43 Å². The zero-order chi connectivity index (χ0) is 10.0. The maximum Gasteiger partial charge on any atom is 0.307 e. The van der Waals surface area contributed by atoms with Crippen molar-refractivity contribution in [2.24, 2.45) is 0 Å². The number of hydrogen-bond acceptors (Lipinski definition) is 4. The molecule has 0 aliphatic heterocycles. The Hall–Kier alpha value is -1.85. The number of nitrogens with two attached hydrogens (primary N) is 1. The minimum Gasteiger partial charge on any atom is -0.494 e. The number of halogens is 1. The first-order chi connectivity index (χ1) is 6.06. The molecule has 0 fully saturated rings. The highest BCUT2D eigenvalue weighted by Gasteiger charge is 2.16. The summed E-state index contributed by atoms with van der Waals surface area (Å²) in [6.07, 6.45) is 0. The number of anilines is 1. The summed E-state index contributed by atoms with van der Waals surface area (Å²) in [5.74, 6) is -0.876. The molecule has 0 aromatic heterocycles. The van der Waals surface area contributed by atoms with Crippen molar-refractivity contribution in [3.63, 3.8) is 0 Å². The van der Waals surface area contributed by atoms with Gasteiger partial charge < -0.3 is 10.5 Å². The van der Waals surface area contributed by atoms with E-state index >= 15 is 0 Å². The Labute approximate surface area is 80.4 Å². The van der Waals surface area contributed by atoms with Crippen LogP contribution in [0.3, 0.4) is 0 Å². The van der Waals surface area contributed by atoms with E-state index < -0.39 is 16.4 Å². The van der Waals surface area contributed by atoms with Crippen LogP contribution in [0.1, 0.15) is 7.43 Å². The molecule has 6 heteroatoms. The van der Waals surface area contributed by atoms with Crippen molar-refractivity contribution in [3.8, 4) is 5.75 Å². The molecule has 0 spiro atoms. The molecule has 78 valence electrons. The first kappa shape index (κ1) is 12.2. The van der Waals surface area contributed by atoms with E-state index in [2.05, 4.69) is 4.74 Å². The van der Waals surface area contributed by atoms with Gasteiger partial charge in [-0.15, -0.1) is 0 Å². The molecule has 0 radical (unpaired) electrons. The fraction of sp³-hybridized carbons (Fsp3) is 0.250. The van der Waals surface area contributed by atoms with Crippen LogP contribution in [0.5, 0.6) is 5.75 Å². The second-order valence-electron chi connectivity index (χ2n) is 2.30. The summed E-state index contributed by atoms with van der Waals surface area (Å²) in [4.78, 5) is 9.40. The van der Waals surface area contributed by atoms with Crippen molar-refractivity contribution in [3.05, 3.63) is 28.1 Å². The average Bonchev–Trinajstić information content (AvgIpc) is 2.07. The van der Waals surface area contributed by atoms with Gasteiger partial charge in [-0.25, -0.2) is 0 Å². The lowest BCUT2D eigenvalue weighted by atomic mass is 10.2. The van der Waals surface area contributed by atoms with E-state index in [-0.39, 0.29) is 18.9 Å². The SMILES string of the molecule is C.COc1cc(F)c([N+](=O)[O-])cc1N. The van der Waals surface area contributed by atoms with Crippen molar-refractivity contribution in [2.45, 2.75) is 7.43 Å². The lowest BCUT2D eigenvalue weighted by molar-refractivity contribution is -0.387. The van der Waals surface area contributed by atoms with Crippen LogP contribution >= 0.6 is 0 Å². The van der Waals surface area contributed by atoms with Gasteiger partial charge in [0.1, 0.15) is 5.75 Å². The molecule has 0 atom stereocenters. The fourth-order valence-corrected chi connectivity index (χ4v) is 0.876. The third-order valence-corrected chi connectivity index (χ3v) is 1.50. The van der Waals surface area contributed by atoms with E-state index in [9.17, 15) is 14.5 Å². The largest absolute Gasteiger partial charge is 0.494 e. The predicted octanol–water partition coefficient (Wildman–Crippen LogP) is 1.96. The summed E-state index contributed by atoms with van der Waals surface area (Å²) in [6, 6.07) is 1.81. The molecule has 0 saturated heterocycles. The number of nitro groups is 1. The first-order valence-corrected chi connectivity index (χ1v) is 3.33. The second-order valence-corrected chi connectivity index (χ2v) is 2.30. The normalized spacial score (nSPS) is 9.00. The number of nitro benzene ring substituents is 1. The Bertz CT molecular complexity index is 355. The Kier molecular flexibility index (Phi) is 3.82. The summed E-state index contributed by atoms with van der Waals surface area (Å²) in [7, 11) is 1.30. The maximum atomic E-state index is 12.9. The minimum absolute atomic E-state index is 0. The van der Waals surface area contributed by atoms with E-state index in [1.165, 1.54) is 7.11 Å². The molecule has 14 heavy (non-hydrogen) atoms. The van der Waals surface area contributed by atoms with Gasteiger partial charge in [0.15, 0.2) is 0 Å². The number of rotatable bonds is 2. The van der Waals surface area contributed by atoms with Crippen LogP contribution in [0.25, 0.3) is 0 Å². The van der Waals surface area contributed by atoms with E-state index in [1.54, 1.807) is 0 Å². The number of nitrogen functional groups attached to an aromatic ring is 1. The molecular weight excluding hydrogens is 191 g/mol. The highest BCUT2D eigenvalue weighted by molar-refractivity contribution is 5.58. The molecule has 1 rings (SSSR count). The molecule has 0 amide bonds. The van der Waals surface area contributed by atoms with Crippen LogP contribution in [0.2, 0.25) is 0 Å². The average molecular weight is 202 g/mol. The van der Waals surface area contributed by atoms with E-state index in [1.807, 2.05) is 0 Å². The Morgan fingerprint density at radius 3 is 2.57 bits per heavy atom. The van der Waals surface area contributed by atoms with Crippen LogP contribution in [-0.4, -0.2) is 12.0 Å². The smallest absolute Gasteiger partial charge is 0.307 e. The van der Waals surface area contributed by atoms with Gasteiger partial charge in [0.2, 0.25) is 5.82 Å². The van der Waals surface area contributed by atoms with Crippen molar-refractivity contribution >= 4 is 11.4 Å². The molecule has 5 nitrogen and oxygen atoms in total. The Morgan fingerprint density at radius 2 is 2.14 bits per heavy atom. The maximum absolute atomic E-state index is 12.9. The minimum atomic E-state index is -0.962. The molecule has 0 aliphatic carbocycles. The Balaban J connectivity index is 0.00000169. The summed E-state index contributed by atoms with van der Waals surface area (Å²) >= 11 is 0. The van der Waals surface area contributed by atoms with Crippen LogP contribution < -0.4 is 10.5 Å². The molecule has 1 aromatic rings. The van der Waals surface area contributed by atoms with Gasteiger partial charge in [-0.2, -0.15) is 4.39 Å². The van der Waals surface area contributed by atoms with Crippen LogP contribution in [0, 0.1) is 15.9 Å². The monoisotopic (exact) mass is 202 g/mol. The molecular formula is C8H11FN2O3. The van der Waals surface area contributed by atoms with Crippen molar-refractivity contribution < 1.29 is 14.1 Å². The summed E-state index contributed by atoms with van der Waals surface area (Å²) in [5.41, 5.74) is 4.73. The quantitative estimate of drug-likeness (QED) is 0.451. The standard InChI is InChI=1S/C7H7FN2O3.CH4/c1-13-7-2-4(8)6(10(11)12)3-5(7)9;/h2-3H,9H2,1H3;1H4. The lowest BCUT2D eigenvalue weighted by Crippen LogP contribution is -1.98. The second kappa shape index (κ2) is 4.40. The third kappa shape index (κ3) is 2.09. The molecule has 0 aliphatic rings. The van der Waals surface area contributed by atoms with Crippen molar-refractivity contribution in [1.82, 2.24) is 0 Å². The number of hydrogen-bond donors (Lipinski definition) is 1. The zero-order valence-corrected chi connectivity index (χ0v) is 6.78. The number of methoxy groups -OCH3 is 1. The molecule has 0 heterocycles. The molecule has 0 bridgehead atoms. The van der Waals surface area contributed by atoms with Gasteiger partial charge in [-0.3, -0.25) is 10.1 Å². The lowest BCUT2D eigenvalue weighted by Gasteiger charge is -2.03. The van der Waals surface area contributed by atoms with Crippen molar-refractivity contribution in [1.29, 1.82) is 0 Å². The number of benzene rings is 1. The third-order valence-electron chi connectivity index (χ3n) is 1.50. The highest BCUT2D eigenvalue weighted by Crippen LogP contribution is 2.28. The van der Waals surface area contributed by atoms with Gasteiger partial charge in [-0.05, 0) is 0 Å².